The lowest BCUT2D eigenvalue weighted by Gasteiger charge is -2.20. The van der Waals surface area contributed by atoms with Crippen LogP contribution in [0.1, 0.15) is 31.1 Å². The Morgan fingerprint density at radius 1 is 1.22 bits per heavy atom. The van der Waals surface area contributed by atoms with Crippen LogP contribution >= 0.6 is 0 Å². The summed E-state index contributed by atoms with van der Waals surface area (Å²) in [5.74, 6) is 0.150. The van der Waals surface area contributed by atoms with Crippen LogP contribution in [0.15, 0.2) is 41.6 Å². The summed E-state index contributed by atoms with van der Waals surface area (Å²) in [4.78, 5) is 24.3. The predicted molar refractivity (Wildman–Crippen MR) is 104 cm³/mol. The summed E-state index contributed by atoms with van der Waals surface area (Å²) >= 11 is 0. The summed E-state index contributed by atoms with van der Waals surface area (Å²) in [6.45, 7) is 5.69. The first-order valence-electron chi connectivity index (χ1n) is 8.27. The van der Waals surface area contributed by atoms with Crippen LogP contribution in [0.2, 0.25) is 0 Å². The Kier molecular flexibility index (Phi) is 4.64. The number of carbonyl (C=O) groups excluding carboxylic acids is 1. The second kappa shape index (κ2) is 6.66. The van der Waals surface area contributed by atoms with Crippen molar-refractivity contribution in [2.45, 2.75) is 31.2 Å². The lowest BCUT2D eigenvalue weighted by molar-refractivity contribution is 0.0921. The SMILES string of the molecule is CC(C)(C)NC(=O)c1c[nH]c2ncc(Nc3cccc(S(C)(=O)=O)c3)nc12. The minimum absolute atomic E-state index is 0.202. The number of nitrogens with one attached hydrogen (secondary N) is 3. The van der Waals surface area contributed by atoms with Gasteiger partial charge in [0.2, 0.25) is 0 Å². The molecule has 2 heterocycles. The molecule has 0 atom stereocenters. The molecule has 9 heteroatoms. The number of fused-ring (bicyclic) bond motifs is 1. The molecule has 142 valence electrons. The van der Waals surface area contributed by atoms with Gasteiger partial charge in [-0.2, -0.15) is 0 Å². The Hall–Kier alpha value is -2.94. The minimum Gasteiger partial charge on any atom is -0.347 e. The molecule has 0 aliphatic rings. The Balaban J connectivity index is 1.93. The van der Waals surface area contributed by atoms with Crippen molar-refractivity contribution >= 4 is 38.4 Å². The second-order valence-corrected chi connectivity index (χ2v) is 9.30. The molecule has 8 nitrogen and oxygen atoms in total. The van der Waals surface area contributed by atoms with Gasteiger partial charge in [-0.1, -0.05) is 6.07 Å². The smallest absolute Gasteiger partial charge is 0.255 e. The summed E-state index contributed by atoms with van der Waals surface area (Å²) in [5, 5.41) is 5.92. The number of amides is 1. The molecule has 1 amide bonds. The van der Waals surface area contributed by atoms with Crippen molar-refractivity contribution in [2.24, 2.45) is 0 Å². The molecule has 0 saturated carbocycles. The molecule has 3 rings (SSSR count). The third-order valence-electron chi connectivity index (χ3n) is 3.65. The lowest BCUT2D eigenvalue weighted by atomic mass is 10.1. The molecule has 0 saturated heterocycles. The summed E-state index contributed by atoms with van der Waals surface area (Å²) < 4.78 is 23.4. The summed E-state index contributed by atoms with van der Waals surface area (Å²) in [6.07, 6.45) is 4.23. The number of H-pyrrole nitrogens is 1. The highest BCUT2D eigenvalue weighted by molar-refractivity contribution is 7.90. The first-order chi connectivity index (χ1) is 12.5. The molecule has 0 unspecified atom stereocenters. The van der Waals surface area contributed by atoms with Crippen molar-refractivity contribution in [2.75, 3.05) is 11.6 Å². The van der Waals surface area contributed by atoms with Crippen molar-refractivity contribution in [3.63, 3.8) is 0 Å². The fourth-order valence-electron chi connectivity index (χ4n) is 2.49. The van der Waals surface area contributed by atoms with Gasteiger partial charge in [0.25, 0.3) is 5.91 Å². The highest BCUT2D eigenvalue weighted by Gasteiger charge is 2.20. The maximum absolute atomic E-state index is 12.5. The van der Waals surface area contributed by atoms with Crippen molar-refractivity contribution in [3.8, 4) is 0 Å². The van der Waals surface area contributed by atoms with Gasteiger partial charge in [-0.3, -0.25) is 4.79 Å². The molecule has 2 aromatic heterocycles. The Morgan fingerprint density at radius 2 is 1.96 bits per heavy atom. The number of aromatic amines is 1. The molecule has 0 aliphatic carbocycles. The van der Waals surface area contributed by atoms with Crippen LogP contribution in [0.25, 0.3) is 11.2 Å². The van der Waals surface area contributed by atoms with Gasteiger partial charge in [-0.25, -0.2) is 18.4 Å². The zero-order chi connectivity index (χ0) is 19.8. The quantitative estimate of drug-likeness (QED) is 0.634. The highest BCUT2D eigenvalue weighted by atomic mass is 32.2. The van der Waals surface area contributed by atoms with E-state index in [0.717, 1.165) is 6.26 Å². The van der Waals surface area contributed by atoms with E-state index in [1.54, 1.807) is 18.3 Å². The van der Waals surface area contributed by atoms with Gasteiger partial charge in [0.15, 0.2) is 15.5 Å². The third kappa shape index (κ3) is 4.43. The van der Waals surface area contributed by atoms with Crippen LogP contribution < -0.4 is 10.6 Å². The molecule has 3 N–H and O–H groups in total. The Morgan fingerprint density at radius 3 is 2.63 bits per heavy atom. The van der Waals surface area contributed by atoms with E-state index in [1.807, 2.05) is 20.8 Å². The van der Waals surface area contributed by atoms with Crippen molar-refractivity contribution < 1.29 is 13.2 Å². The number of carbonyl (C=O) groups is 1. The number of hydrogen-bond acceptors (Lipinski definition) is 6. The van der Waals surface area contributed by atoms with Crippen molar-refractivity contribution in [1.82, 2.24) is 20.3 Å². The van der Waals surface area contributed by atoms with Gasteiger partial charge in [0.05, 0.1) is 16.7 Å². The van der Waals surface area contributed by atoms with E-state index in [0.29, 0.717) is 28.2 Å². The fraction of sp³-hybridized carbons (Fsp3) is 0.278. The zero-order valence-corrected chi connectivity index (χ0v) is 16.3. The normalized spacial score (nSPS) is 12.1. The molecule has 0 aliphatic heterocycles. The van der Waals surface area contributed by atoms with E-state index in [2.05, 4.69) is 25.6 Å². The number of anilines is 2. The third-order valence-corrected chi connectivity index (χ3v) is 4.76. The monoisotopic (exact) mass is 387 g/mol. The number of nitrogens with zero attached hydrogens (tertiary/aromatic N) is 2. The topological polar surface area (TPSA) is 117 Å². The molecule has 27 heavy (non-hydrogen) atoms. The number of rotatable bonds is 4. The largest absolute Gasteiger partial charge is 0.347 e. The standard InChI is InChI=1S/C18H21N5O3S/c1-18(2,3)23-17(24)13-9-19-16-15(13)22-14(10-20-16)21-11-6-5-7-12(8-11)27(4,25)26/h5-10H,1-4H3,(H,19,20)(H,21,22)(H,23,24). The average Bonchev–Trinajstić information content (AvgIpc) is 2.96. The van der Waals surface area contributed by atoms with E-state index >= 15 is 0 Å². The van der Waals surface area contributed by atoms with Crippen LogP contribution in [0.5, 0.6) is 0 Å². The van der Waals surface area contributed by atoms with E-state index in [4.69, 9.17) is 0 Å². The van der Waals surface area contributed by atoms with Gasteiger partial charge >= 0.3 is 0 Å². The zero-order valence-electron chi connectivity index (χ0n) is 15.5. The number of aromatic nitrogens is 3. The summed E-state index contributed by atoms with van der Waals surface area (Å²) in [7, 11) is -3.31. The molecule has 0 bridgehead atoms. The van der Waals surface area contributed by atoms with Gasteiger partial charge in [0, 0.05) is 23.7 Å². The second-order valence-electron chi connectivity index (χ2n) is 7.28. The molecular formula is C18H21N5O3S. The maximum atomic E-state index is 12.5. The first-order valence-corrected chi connectivity index (χ1v) is 10.2. The van der Waals surface area contributed by atoms with Crippen LogP contribution in [0.4, 0.5) is 11.5 Å². The minimum atomic E-state index is -3.31. The molecule has 1 aromatic carbocycles. The fourth-order valence-corrected chi connectivity index (χ4v) is 3.15. The summed E-state index contributed by atoms with van der Waals surface area (Å²) in [6, 6.07) is 6.41. The first kappa shape index (κ1) is 18.8. The molecule has 0 fully saturated rings. The number of hydrogen-bond donors (Lipinski definition) is 3. The molecule has 0 radical (unpaired) electrons. The lowest BCUT2D eigenvalue weighted by Crippen LogP contribution is -2.40. The van der Waals surface area contributed by atoms with Gasteiger partial charge < -0.3 is 15.6 Å². The van der Waals surface area contributed by atoms with Gasteiger partial charge in [0.1, 0.15) is 11.3 Å². The van der Waals surface area contributed by atoms with Crippen LogP contribution in [-0.4, -0.2) is 41.1 Å². The van der Waals surface area contributed by atoms with E-state index in [-0.39, 0.29) is 16.3 Å². The van der Waals surface area contributed by atoms with Crippen LogP contribution in [-0.2, 0) is 9.84 Å². The van der Waals surface area contributed by atoms with Crippen LogP contribution in [0, 0.1) is 0 Å². The number of sulfone groups is 1. The predicted octanol–water partition coefficient (Wildman–Crippen LogP) is 2.63. The van der Waals surface area contributed by atoms with E-state index < -0.39 is 9.84 Å². The molecule has 3 aromatic rings. The van der Waals surface area contributed by atoms with E-state index in [1.165, 1.54) is 18.3 Å². The van der Waals surface area contributed by atoms with Gasteiger partial charge in [-0.15, -0.1) is 0 Å². The number of benzene rings is 1. The Bertz CT molecular complexity index is 1110. The van der Waals surface area contributed by atoms with Crippen LogP contribution in [0.3, 0.4) is 0 Å². The molecule has 0 spiro atoms. The van der Waals surface area contributed by atoms with E-state index in [9.17, 15) is 13.2 Å². The molecular weight excluding hydrogens is 366 g/mol. The highest BCUT2D eigenvalue weighted by Crippen LogP contribution is 2.21. The van der Waals surface area contributed by atoms with Crippen molar-refractivity contribution in [1.29, 1.82) is 0 Å². The van der Waals surface area contributed by atoms with Gasteiger partial charge in [-0.05, 0) is 39.0 Å². The Labute approximate surface area is 157 Å². The van der Waals surface area contributed by atoms with Crippen molar-refractivity contribution in [3.05, 3.63) is 42.2 Å². The maximum Gasteiger partial charge on any atom is 0.255 e. The summed E-state index contributed by atoms with van der Waals surface area (Å²) in [5.41, 5.74) is 1.49. The average molecular weight is 387 g/mol.